The van der Waals surface area contributed by atoms with Gasteiger partial charge in [0.05, 0.1) is 4.92 Å². The molecule has 0 radical (unpaired) electrons. The van der Waals surface area contributed by atoms with Gasteiger partial charge in [-0.2, -0.15) is 0 Å². The number of nitro groups is 1. The van der Waals surface area contributed by atoms with Crippen molar-refractivity contribution in [3.8, 4) is 0 Å². The minimum Gasteiger partial charge on any atom is -0.393 e. The number of nitrogen functional groups attached to an aromatic ring is 1. The minimum atomic E-state index is -0.514. The Labute approximate surface area is 105 Å². The van der Waals surface area contributed by atoms with E-state index in [1.54, 1.807) is 12.1 Å². The van der Waals surface area contributed by atoms with E-state index in [0.717, 1.165) is 5.56 Å². The van der Waals surface area contributed by atoms with Crippen molar-refractivity contribution in [1.82, 2.24) is 5.32 Å². The highest BCUT2D eigenvalue weighted by Gasteiger charge is 2.09. The van der Waals surface area contributed by atoms with Gasteiger partial charge in [0, 0.05) is 19.5 Å². The zero-order chi connectivity index (χ0) is 13.5. The second-order valence-corrected chi connectivity index (χ2v) is 3.75. The monoisotopic (exact) mass is 249 g/mol. The highest BCUT2D eigenvalue weighted by atomic mass is 16.6. The van der Waals surface area contributed by atoms with Gasteiger partial charge in [-0.3, -0.25) is 14.9 Å². The van der Waals surface area contributed by atoms with Crippen molar-refractivity contribution in [3.05, 3.63) is 40.0 Å². The van der Waals surface area contributed by atoms with Crippen molar-refractivity contribution in [2.24, 2.45) is 0 Å². The molecule has 0 aliphatic heterocycles. The average Bonchev–Trinajstić information content (AvgIpc) is 2.27. The third kappa shape index (κ3) is 4.25. The first-order valence-corrected chi connectivity index (χ1v) is 5.45. The van der Waals surface area contributed by atoms with Gasteiger partial charge in [0.15, 0.2) is 0 Å². The third-order valence-corrected chi connectivity index (χ3v) is 2.24. The molecule has 0 aliphatic carbocycles. The van der Waals surface area contributed by atoms with Crippen LogP contribution in [0.2, 0.25) is 0 Å². The van der Waals surface area contributed by atoms with Crippen molar-refractivity contribution in [1.29, 1.82) is 0 Å². The van der Waals surface area contributed by atoms with E-state index in [0.29, 0.717) is 13.0 Å². The summed E-state index contributed by atoms with van der Waals surface area (Å²) in [7, 11) is 0. The zero-order valence-corrected chi connectivity index (χ0v) is 10.1. The van der Waals surface area contributed by atoms with Crippen molar-refractivity contribution in [2.45, 2.75) is 13.3 Å². The first kappa shape index (κ1) is 13.7. The Morgan fingerprint density at radius 3 is 2.83 bits per heavy atom. The van der Waals surface area contributed by atoms with Gasteiger partial charge in [-0.1, -0.05) is 12.2 Å². The van der Waals surface area contributed by atoms with Gasteiger partial charge in [0.25, 0.3) is 5.69 Å². The van der Waals surface area contributed by atoms with Gasteiger partial charge in [-0.05, 0) is 24.1 Å². The van der Waals surface area contributed by atoms with Crippen LogP contribution in [0.1, 0.15) is 18.9 Å². The van der Waals surface area contributed by atoms with Gasteiger partial charge in [0.2, 0.25) is 5.91 Å². The topological polar surface area (TPSA) is 98.3 Å². The van der Waals surface area contributed by atoms with Crippen LogP contribution in [0.5, 0.6) is 0 Å². The summed E-state index contributed by atoms with van der Waals surface area (Å²) >= 11 is 0. The number of carbonyl (C=O) groups excluding carboxylic acids is 1. The van der Waals surface area contributed by atoms with Crippen LogP contribution in [0.25, 0.3) is 6.08 Å². The number of nitro benzene ring substituents is 1. The Bertz CT molecular complexity index is 483. The van der Waals surface area contributed by atoms with Gasteiger partial charge < -0.3 is 11.1 Å². The normalized spacial score (nSPS) is 10.5. The molecular formula is C12H15N3O3. The van der Waals surface area contributed by atoms with Crippen molar-refractivity contribution in [3.63, 3.8) is 0 Å². The molecule has 1 amide bonds. The molecule has 1 aromatic rings. The molecule has 0 aromatic heterocycles. The van der Waals surface area contributed by atoms with Crippen LogP contribution in [0, 0.1) is 10.1 Å². The summed E-state index contributed by atoms with van der Waals surface area (Å²) in [6, 6.07) is 4.55. The summed E-state index contributed by atoms with van der Waals surface area (Å²) in [5, 5.41) is 13.2. The van der Waals surface area contributed by atoms with Crippen molar-refractivity contribution in [2.75, 3.05) is 12.3 Å². The fraction of sp³-hybridized carbons (Fsp3) is 0.250. The summed E-state index contributed by atoms with van der Waals surface area (Å²) < 4.78 is 0. The molecule has 0 atom stereocenters. The zero-order valence-electron chi connectivity index (χ0n) is 10.1. The molecule has 0 saturated heterocycles. The number of carbonyl (C=O) groups is 1. The molecule has 96 valence electrons. The SMILES string of the molecule is CC(=O)NCCC=Cc1ccc([N+](=O)[O-])c(N)c1. The average molecular weight is 249 g/mol. The highest BCUT2D eigenvalue weighted by molar-refractivity contribution is 5.72. The van der Waals surface area contributed by atoms with Crippen molar-refractivity contribution < 1.29 is 9.72 Å². The lowest BCUT2D eigenvalue weighted by Crippen LogP contribution is -2.20. The van der Waals surface area contributed by atoms with E-state index in [1.165, 1.54) is 13.0 Å². The standard InChI is InChI=1S/C12H15N3O3/c1-9(16)14-7-3-2-4-10-5-6-12(15(17)18)11(13)8-10/h2,4-6,8H,3,7,13H2,1H3,(H,14,16). The van der Waals surface area contributed by atoms with Crippen LogP contribution in [0.15, 0.2) is 24.3 Å². The van der Waals surface area contributed by atoms with Gasteiger partial charge >= 0.3 is 0 Å². The van der Waals surface area contributed by atoms with E-state index < -0.39 is 4.92 Å². The first-order valence-electron chi connectivity index (χ1n) is 5.45. The van der Waals surface area contributed by atoms with Gasteiger partial charge in [-0.15, -0.1) is 0 Å². The molecule has 18 heavy (non-hydrogen) atoms. The van der Waals surface area contributed by atoms with Crippen LogP contribution in [-0.2, 0) is 4.79 Å². The Balaban J connectivity index is 2.58. The molecule has 1 rings (SSSR count). The second-order valence-electron chi connectivity index (χ2n) is 3.75. The molecule has 3 N–H and O–H groups in total. The van der Waals surface area contributed by atoms with E-state index in [2.05, 4.69) is 5.32 Å². The van der Waals surface area contributed by atoms with Crippen LogP contribution < -0.4 is 11.1 Å². The molecular weight excluding hydrogens is 234 g/mol. The summed E-state index contributed by atoms with van der Waals surface area (Å²) in [6.45, 7) is 2.02. The largest absolute Gasteiger partial charge is 0.393 e. The van der Waals surface area contributed by atoms with Crippen LogP contribution >= 0.6 is 0 Å². The van der Waals surface area contributed by atoms with E-state index in [9.17, 15) is 14.9 Å². The molecule has 0 fully saturated rings. The van der Waals surface area contributed by atoms with Gasteiger partial charge in [0.1, 0.15) is 5.69 Å². The van der Waals surface area contributed by atoms with E-state index in [4.69, 9.17) is 5.73 Å². The summed E-state index contributed by atoms with van der Waals surface area (Å²) in [4.78, 5) is 20.7. The van der Waals surface area contributed by atoms with Crippen LogP contribution in [0.3, 0.4) is 0 Å². The second kappa shape index (κ2) is 6.39. The molecule has 0 saturated carbocycles. The summed E-state index contributed by atoms with van der Waals surface area (Å²) in [5.41, 5.74) is 6.40. The fourth-order valence-electron chi connectivity index (χ4n) is 1.39. The number of rotatable bonds is 5. The van der Waals surface area contributed by atoms with E-state index in [-0.39, 0.29) is 17.3 Å². The van der Waals surface area contributed by atoms with E-state index >= 15 is 0 Å². The number of amides is 1. The molecule has 0 aliphatic rings. The number of nitrogens with one attached hydrogen (secondary N) is 1. The smallest absolute Gasteiger partial charge is 0.292 e. The van der Waals surface area contributed by atoms with Crippen LogP contribution in [0.4, 0.5) is 11.4 Å². The number of benzene rings is 1. The Kier molecular flexibility index (Phi) is 4.86. The lowest BCUT2D eigenvalue weighted by molar-refractivity contribution is -0.383. The highest BCUT2D eigenvalue weighted by Crippen LogP contribution is 2.22. The summed E-state index contributed by atoms with van der Waals surface area (Å²) in [6.07, 6.45) is 4.37. The van der Waals surface area contributed by atoms with E-state index in [1.807, 2.05) is 12.2 Å². The molecule has 1 aromatic carbocycles. The van der Waals surface area contributed by atoms with Crippen molar-refractivity contribution >= 4 is 23.4 Å². The molecule has 0 bridgehead atoms. The number of nitrogens with zero attached hydrogens (tertiary/aromatic N) is 1. The van der Waals surface area contributed by atoms with Gasteiger partial charge in [-0.25, -0.2) is 0 Å². The van der Waals surface area contributed by atoms with Crippen LogP contribution in [-0.4, -0.2) is 17.4 Å². The Morgan fingerprint density at radius 1 is 1.56 bits per heavy atom. The molecule has 6 nitrogen and oxygen atoms in total. The minimum absolute atomic E-state index is 0.0667. The maximum absolute atomic E-state index is 10.6. The lowest BCUT2D eigenvalue weighted by atomic mass is 10.1. The first-order chi connectivity index (χ1) is 8.50. The maximum atomic E-state index is 10.6. The number of hydrogen-bond acceptors (Lipinski definition) is 4. The number of hydrogen-bond donors (Lipinski definition) is 2. The number of nitrogens with two attached hydrogens (primary N) is 1. The number of anilines is 1. The molecule has 0 spiro atoms. The Morgan fingerprint density at radius 2 is 2.28 bits per heavy atom. The lowest BCUT2D eigenvalue weighted by Gasteiger charge is -1.99. The molecule has 6 heteroatoms. The fourth-order valence-corrected chi connectivity index (χ4v) is 1.39. The molecule has 0 heterocycles. The Hall–Kier alpha value is -2.37. The third-order valence-electron chi connectivity index (χ3n) is 2.24. The maximum Gasteiger partial charge on any atom is 0.292 e. The summed E-state index contributed by atoms with van der Waals surface area (Å²) in [5.74, 6) is -0.0667. The quantitative estimate of drug-likeness (QED) is 0.359. The molecule has 0 unspecified atom stereocenters. The predicted molar refractivity (Wildman–Crippen MR) is 69.8 cm³/mol. The predicted octanol–water partition coefficient (Wildman–Crippen LogP) is 1.72.